The van der Waals surface area contributed by atoms with Crippen LogP contribution in [0.3, 0.4) is 0 Å². The number of benzene rings is 2. The number of alkyl halides is 3. The third-order valence-corrected chi connectivity index (χ3v) is 7.02. The number of hydrogen-bond acceptors (Lipinski definition) is 3. The Labute approximate surface area is 191 Å². The highest BCUT2D eigenvalue weighted by molar-refractivity contribution is 5.99. The molecular formula is C25H28F3N3O2. The fourth-order valence-corrected chi connectivity index (χ4v) is 5.05. The van der Waals surface area contributed by atoms with Gasteiger partial charge < -0.3 is 16.0 Å². The molecule has 1 saturated carbocycles. The Balaban J connectivity index is 1.48. The molecule has 33 heavy (non-hydrogen) atoms. The maximum Gasteiger partial charge on any atom is 0.416 e. The van der Waals surface area contributed by atoms with Crippen molar-refractivity contribution in [2.24, 2.45) is 11.7 Å². The molecule has 176 valence electrons. The lowest BCUT2D eigenvalue weighted by Gasteiger charge is -2.32. The molecule has 1 heterocycles. The van der Waals surface area contributed by atoms with Crippen LogP contribution in [0.4, 0.5) is 24.5 Å². The quantitative estimate of drug-likeness (QED) is 0.671. The van der Waals surface area contributed by atoms with Gasteiger partial charge in [-0.25, -0.2) is 0 Å². The SMILES string of the molecule is NC(=O)C1CCN(c2ccc(NC(=O)C3(c4cccc(C(F)(F)F)c4)CCCC3)cc2)CC1. The molecule has 1 saturated heterocycles. The van der Waals surface area contributed by atoms with E-state index in [1.54, 1.807) is 6.07 Å². The molecule has 5 nitrogen and oxygen atoms in total. The van der Waals surface area contributed by atoms with Crippen molar-refractivity contribution in [3.63, 3.8) is 0 Å². The predicted octanol–water partition coefficient (Wildman–Crippen LogP) is 4.86. The first kappa shape index (κ1) is 23.1. The second-order valence-corrected chi connectivity index (χ2v) is 9.03. The second kappa shape index (κ2) is 9.08. The zero-order valence-corrected chi connectivity index (χ0v) is 18.3. The number of nitrogens with one attached hydrogen (secondary N) is 1. The van der Waals surface area contributed by atoms with E-state index >= 15 is 0 Å². The van der Waals surface area contributed by atoms with E-state index in [0.717, 1.165) is 43.8 Å². The first-order valence-electron chi connectivity index (χ1n) is 11.3. The van der Waals surface area contributed by atoms with Crippen molar-refractivity contribution in [3.8, 4) is 0 Å². The summed E-state index contributed by atoms with van der Waals surface area (Å²) in [6.07, 6.45) is -0.386. The molecule has 2 aromatic rings. The molecule has 0 atom stereocenters. The van der Waals surface area contributed by atoms with Gasteiger partial charge in [0, 0.05) is 30.4 Å². The summed E-state index contributed by atoms with van der Waals surface area (Å²) in [6.45, 7) is 1.47. The highest BCUT2D eigenvalue weighted by atomic mass is 19.4. The predicted molar refractivity (Wildman–Crippen MR) is 121 cm³/mol. The molecule has 2 aliphatic rings. The minimum Gasteiger partial charge on any atom is -0.371 e. The number of nitrogens with two attached hydrogens (primary N) is 1. The third kappa shape index (κ3) is 4.84. The normalized spacial score (nSPS) is 18.8. The van der Waals surface area contributed by atoms with Gasteiger partial charge in [0.1, 0.15) is 0 Å². The summed E-state index contributed by atoms with van der Waals surface area (Å²) in [5, 5.41) is 2.93. The van der Waals surface area contributed by atoms with Crippen molar-refractivity contribution < 1.29 is 22.8 Å². The van der Waals surface area contributed by atoms with E-state index in [9.17, 15) is 22.8 Å². The molecular weight excluding hydrogens is 431 g/mol. The van der Waals surface area contributed by atoms with Crippen molar-refractivity contribution >= 4 is 23.2 Å². The van der Waals surface area contributed by atoms with Gasteiger partial charge in [0.2, 0.25) is 11.8 Å². The lowest BCUT2D eigenvalue weighted by molar-refractivity contribution is -0.137. The molecule has 8 heteroatoms. The Hall–Kier alpha value is -3.03. The highest BCUT2D eigenvalue weighted by Gasteiger charge is 2.44. The Kier molecular flexibility index (Phi) is 6.36. The van der Waals surface area contributed by atoms with Gasteiger partial charge in [0.15, 0.2) is 0 Å². The molecule has 0 radical (unpaired) electrons. The van der Waals surface area contributed by atoms with E-state index in [0.29, 0.717) is 36.9 Å². The first-order chi connectivity index (χ1) is 15.7. The average molecular weight is 460 g/mol. The van der Waals surface area contributed by atoms with E-state index in [2.05, 4.69) is 10.2 Å². The molecule has 0 aromatic heterocycles. The van der Waals surface area contributed by atoms with Crippen LogP contribution in [0.1, 0.15) is 49.7 Å². The minimum atomic E-state index is -4.45. The van der Waals surface area contributed by atoms with Crippen LogP contribution in [0.25, 0.3) is 0 Å². The molecule has 0 unspecified atom stereocenters. The number of halogens is 3. The minimum absolute atomic E-state index is 0.0849. The van der Waals surface area contributed by atoms with Crippen LogP contribution in [0.5, 0.6) is 0 Å². The van der Waals surface area contributed by atoms with Crippen LogP contribution in [-0.2, 0) is 21.2 Å². The number of primary amides is 1. The van der Waals surface area contributed by atoms with Crippen molar-refractivity contribution in [2.75, 3.05) is 23.3 Å². The maximum absolute atomic E-state index is 13.3. The summed E-state index contributed by atoms with van der Waals surface area (Å²) in [7, 11) is 0. The number of amides is 2. The fraction of sp³-hybridized carbons (Fsp3) is 0.440. The maximum atomic E-state index is 13.3. The summed E-state index contributed by atoms with van der Waals surface area (Å²) < 4.78 is 39.8. The van der Waals surface area contributed by atoms with Crippen LogP contribution in [-0.4, -0.2) is 24.9 Å². The topological polar surface area (TPSA) is 75.4 Å². The van der Waals surface area contributed by atoms with Crippen LogP contribution >= 0.6 is 0 Å². The van der Waals surface area contributed by atoms with Crippen molar-refractivity contribution in [1.82, 2.24) is 0 Å². The Morgan fingerprint density at radius 2 is 1.64 bits per heavy atom. The van der Waals surface area contributed by atoms with Gasteiger partial charge in [-0.1, -0.05) is 31.0 Å². The van der Waals surface area contributed by atoms with Crippen molar-refractivity contribution in [3.05, 3.63) is 59.7 Å². The second-order valence-electron chi connectivity index (χ2n) is 9.03. The molecule has 0 bridgehead atoms. The lowest BCUT2D eigenvalue weighted by Crippen LogP contribution is -2.38. The zero-order valence-electron chi connectivity index (χ0n) is 18.3. The van der Waals surface area contributed by atoms with E-state index in [1.807, 2.05) is 24.3 Å². The van der Waals surface area contributed by atoms with Gasteiger partial charge in [-0.3, -0.25) is 9.59 Å². The Morgan fingerprint density at radius 3 is 2.21 bits per heavy atom. The largest absolute Gasteiger partial charge is 0.416 e. The van der Waals surface area contributed by atoms with Gasteiger partial charge >= 0.3 is 6.18 Å². The van der Waals surface area contributed by atoms with Crippen molar-refractivity contribution in [1.29, 1.82) is 0 Å². The molecule has 0 spiro atoms. The summed E-state index contributed by atoms with van der Waals surface area (Å²) >= 11 is 0. The Morgan fingerprint density at radius 1 is 1.00 bits per heavy atom. The summed E-state index contributed by atoms with van der Waals surface area (Å²) in [4.78, 5) is 26.9. The lowest BCUT2D eigenvalue weighted by atomic mass is 9.77. The monoisotopic (exact) mass is 459 g/mol. The van der Waals surface area contributed by atoms with Gasteiger partial charge in [-0.05, 0) is 61.6 Å². The van der Waals surface area contributed by atoms with Gasteiger partial charge in [0.05, 0.1) is 11.0 Å². The van der Waals surface area contributed by atoms with Crippen LogP contribution < -0.4 is 16.0 Å². The average Bonchev–Trinajstić information content (AvgIpc) is 3.31. The number of anilines is 2. The number of hydrogen-bond donors (Lipinski definition) is 2. The van der Waals surface area contributed by atoms with E-state index in [-0.39, 0.29) is 17.7 Å². The molecule has 3 N–H and O–H groups in total. The molecule has 4 rings (SSSR count). The first-order valence-corrected chi connectivity index (χ1v) is 11.3. The van der Waals surface area contributed by atoms with Gasteiger partial charge in [0.25, 0.3) is 0 Å². The molecule has 2 amide bonds. The van der Waals surface area contributed by atoms with E-state index in [4.69, 9.17) is 5.73 Å². The van der Waals surface area contributed by atoms with Gasteiger partial charge in [-0.15, -0.1) is 0 Å². The van der Waals surface area contributed by atoms with E-state index < -0.39 is 17.2 Å². The van der Waals surface area contributed by atoms with Crippen molar-refractivity contribution in [2.45, 2.75) is 50.1 Å². The fourth-order valence-electron chi connectivity index (χ4n) is 5.05. The summed E-state index contributed by atoms with van der Waals surface area (Å²) in [6, 6.07) is 12.6. The number of nitrogens with zero attached hydrogens (tertiary/aromatic N) is 1. The third-order valence-electron chi connectivity index (χ3n) is 7.02. The smallest absolute Gasteiger partial charge is 0.371 e. The van der Waals surface area contributed by atoms with Crippen LogP contribution in [0.2, 0.25) is 0 Å². The van der Waals surface area contributed by atoms with Crippen LogP contribution in [0.15, 0.2) is 48.5 Å². The molecule has 1 aliphatic heterocycles. The molecule has 1 aliphatic carbocycles. The highest BCUT2D eigenvalue weighted by Crippen LogP contribution is 2.43. The Bertz CT molecular complexity index is 1010. The number of carbonyl (C=O) groups is 2. The number of piperidine rings is 1. The zero-order chi connectivity index (χ0) is 23.6. The van der Waals surface area contributed by atoms with Gasteiger partial charge in [-0.2, -0.15) is 13.2 Å². The number of rotatable bonds is 5. The standard InChI is InChI=1S/C25H28F3N3O2/c26-25(27,28)19-5-3-4-18(16-19)24(12-1-2-13-24)23(33)30-20-6-8-21(9-7-20)31-14-10-17(11-15-31)22(29)32/h3-9,16-17H,1-2,10-15H2,(H2,29,32)(H,30,33). The summed E-state index contributed by atoms with van der Waals surface area (Å²) in [5.74, 6) is -0.609. The summed E-state index contributed by atoms with van der Waals surface area (Å²) in [5.41, 5.74) is 5.72. The van der Waals surface area contributed by atoms with E-state index in [1.165, 1.54) is 6.07 Å². The number of carbonyl (C=O) groups excluding carboxylic acids is 2. The molecule has 2 aromatic carbocycles. The molecule has 2 fully saturated rings. The van der Waals surface area contributed by atoms with Crippen LogP contribution in [0, 0.1) is 5.92 Å².